The molecule has 2 fully saturated rings. The van der Waals surface area contributed by atoms with E-state index in [1.165, 1.54) is 7.11 Å². The number of benzene rings is 1. The van der Waals surface area contributed by atoms with Crippen LogP contribution < -0.4 is 0 Å². The zero-order chi connectivity index (χ0) is 14.1. The van der Waals surface area contributed by atoms with Crippen LogP contribution in [-0.4, -0.2) is 54.6 Å². The molecule has 0 aliphatic carbocycles. The highest BCUT2D eigenvalue weighted by Gasteiger charge is 2.52. The maximum Gasteiger partial charge on any atom is 0.186 e. The predicted octanol–water partition coefficient (Wildman–Crippen LogP) is 0.194. The van der Waals surface area contributed by atoms with Crippen LogP contribution in [0.15, 0.2) is 30.3 Å². The molecular formula is C14H18O6. The Bertz CT molecular complexity index is 439. The fourth-order valence-electron chi connectivity index (χ4n) is 2.62. The first-order chi connectivity index (χ1) is 9.74. The van der Waals surface area contributed by atoms with Gasteiger partial charge < -0.3 is 29.2 Å². The largest absolute Gasteiger partial charge is 0.394 e. The molecule has 2 aliphatic heterocycles. The zero-order valence-corrected chi connectivity index (χ0v) is 11.1. The zero-order valence-electron chi connectivity index (χ0n) is 11.1. The van der Waals surface area contributed by atoms with Crippen molar-refractivity contribution >= 4 is 0 Å². The van der Waals surface area contributed by atoms with Crippen molar-refractivity contribution in [2.45, 2.75) is 37.0 Å². The Hall–Kier alpha value is -1.02. The van der Waals surface area contributed by atoms with E-state index in [-0.39, 0.29) is 6.61 Å². The molecule has 0 saturated carbocycles. The fraction of sp³-hybridized carbons (Fsp3) is 0.571. The minimum Gasteiger partial charge on any atom is -0.394 e. The SMILES string of the molecule is CO[C@H]1O[C@H](CO)[C@@H](O)[C@@H]2OC(c3ccccc3)O[C@H]12. The monoisotopic (exact) mass is 282 g/mol. The summed E-state index contributed by atoms with van der Waals surface area (Å²) in [5, 5.41) is 19.4. The second kappa shape index (κ2) is 5.77. The molecule has 0 bridgehead atoms. The maximum absolute atomic E-state index is 10.2. The van der Waals surface area contributed by atoms with Crippen LogP contribution in [0, 0.1) is 0 Å². The average Bonchev–Trinajstić information content (AvgIpc) is 2.94. The smallest absolute Gasteiger partial charge is 0.186 e. The van der Waals surface area contributed by atoms with Gasteiger partial charge >= 0.3 is 0 Å². The van der Waals surface area contributed by atoms with Gasteiger partial charge in [-0.05, 0) is 0 Å². The van der Waals surface area contributed by atoms with Crippen LogP contribution >= 0.6 is 0 Å². The summed E-state index contributed by atoms with van der Waals surface area (Å²) >= 11 is 0. The fourth-order valence-corrected chi connectivity index (χ4v) is 2.62. The first-order valence-corrected chi connectivity index (χ1v) is 6.57. The summed E-state index contributed by atoms with van der Waals surface area (Å²) in [6, 6.07) is 9.47. The Morgan fingerprint density at radius 3 is 2.45 bits per heavy atom. The van der Waals surface area contributed by atoms with Crippen LogP contribution in [0.4, 0.5) is 0 Å². The summed E-state index contributed by atoms with van der Waals surface area (Å²) < 4.78 is 22.3. The van der Waals surface area contributed by atoms with Gasteiger partial charge in [-0.1, -0.05) is 30.3 Å². The Balaban J connectivity index is 1.81. The lowest BCUT2D eigenvalue weighted by atomic mass is 9.99. The number of aliphatic hydroxyl groups is 2. The number of fused-ring (bicyclic) bond motifs is 1. The van der Waals surface area contributed by atoms with Gasteiger partial charge in [-0.15, -0.1) is 0 Å². The van der Waals surface area contributed by atoms with Crippen molar-refractivity contribution < 1.29 is 29.2 Å². The Morgan fingerprint density at radius 2 is 1.80 bits per heavy atom. The second-order valence-electron chi connectivity index (χ2n) is 4.90. The summed E-state index contributed by atoms with van der Waals surface area (Å²) in [6.45, 7) is -0.302. The van der Waals surface area contributed by atoms with Crippen molar-refractivity contribution in [2.75, 3.05) is 13.7 Å². The van der Waals surface area contributed by atoms with E-state index in [9.17, 15) is 10.2 Å². The summed E-state index contributed by atoms with van der Waals surface area (Å²) in [7, 11) is 1.49. The third-order valence-corrected chi connectivity index (χ3v) is 3.66. The number of hydrogen-bond donors (Lipinski definition) is 2. The van der Waals surface area contributed by atoms with Gasteiger partial charge in [-0.3, -0.25) is 0 Å². The molecule has 6 heteroatoms. The van der Waals surface area contributed by atoms with Crippen LogP contribution in [0.3, 0.4) is 0 Å². The Labute approximate surface area is 116 Å². The minimum absolute atomic E-state index is 0.302. The molecule has 0 spiro atoms. The summed E-state index contributed by atoms with van der Waals surface area (Å²) in [5.74, 6) is 0. The third kappa shape index (κ3) is 2.35. The molecule has 3 rings (SSSR count). The highest BCUT2D eigenvalue weighted by Crippen LogP contribution is 2.38. The van der Waals surface area contributed by atoms with Gasteiger partial charge in [-0.2, -0.15) is 0 Å². The Morgan fingerprint density at radius 1 is 1.10 bits per heavy atom. The molecule has 1 unspecified atom stereocenters. The summed E-state index contributed by atoms with van der Waals surface area (Å²) in [4.78, 5) is 0. The molecule has 0 radical (unpaired) electrons. The van der Waals surface area contributed by atoms with Gasteiger partial charge in [0.1, 0.15) is 24.4 Å². The van der Waals surface area contributed by atoms with Crippen molar-refractivity contribution in [3.8, 4) is 0 Å². The molecule has 6 nitrogen and oxygen atoms in total. The molecule has 6 atom stereocenters. The normalized spacial score (nSPS) is 40.5. The number of rotatable bonds is 3. The van der Waals surface area contributed by atoms with Crippen LogP contribution in [-0.2, 0) is 18.9 Å². The Kier molecular flexibility index (Phi) is 4.02. The third-order valence-electron chi connectivity index (χ3n) is 3.66. The lowest BCUT2D eigenvalue weighted by Gasteiger charge is -2.38. The molecule has 2 saturated heterocycles. The highest BCUT2D eigenvalue weighted by atomic mass is 16.8. The number of hydrogen-bond acceptors (Lipinski definition) is 6. The van der Waals surface area contributed by atoms with Crippen molar-refractivity contribution in [3.05, 3.63) is 35.9 Å². The van der Waals surface area contributed by atoms with Gasteiger partial charge in [0.05, 0.1) is 6.61 Å². The number of ether oxygens (including phenoxy) is 4. The van der Waals surface area contributed by atoms with Crippen LogP contribution in [0.5, 0.6) is 0 Å². The predicted molar refractivity (Wildman–Crippen MR) is 67.7 cm³/mol. The molecular weight excluding hydrogens is 264 g/mol. The summed E-state index contributed by atoms with van der Waals surface area (Å²) in [6.07, 6.45) is -4.04. The minimum atomic E-state index is -0.954. The van der Waals surface area contributed by atoms with Gasteiger partial charge in [0.25, 0.3) is 0 Å². The van der Waals surface area contributed by atoms with Crippen LogP contribution in [0.2, 0.25) is 0 Å². The van der Waals surface area contributed by atoms with Crippen LogP contribution in [0.1, 0.15) is 11.9 Å². The van der Waals surface area contributed by atoms with E-state index in [1.807, 2.05) is 30.3 Å². The van der Waals surface area contributed by atoms with E-state index in [4.69, 9.17) is 18.9 Å². The lowest BCUT2D eigenvalue weighted by molar-refractivity contribution is -0.271. The molecule has 110 valence electrons. The second-order valence-corrected chi connectivity index (χ2v) is 4.90. The first-order valence-electron chi connectivity index (χ1n) is 6.57. The standard InChI is InChI=1S/C14H18O6/c1-17-14-12-11(10(16)9(7-15)18-14)19-13(20-12)8-5-3-2-4-6-8/h2-6,9-16H,7H2,1H3/t9-,10-,11+,12+,13?,14+/m1/s1. The van der Waals surface area contributed by atoms with E-state index in [0.717, 1.165) is 5.56 Å². The first kappa shape index (κ1) is 13.9. The molecule has 2 N–H and O–H groups in total. The van der Waals surface area contributed by atoms with Crippen LogP contribution in [0.25, 0.3) is 0 Å². The van der Waals surface area contributed by atoms with Crippen molar-refractivity contribution in [1.82, 2.24) is 0 Å². The molecule has 1 aromatic rings. The topological polar surface area (TPSA) is 77.4 Å². The van der Waals surface area contributed by atoms with Crippen molar-refractivity contribution in [2.24, 2.45) is 0 Å². The number of methoxy groups -OCH3 is 1. The average molecular weight is 282 g/mol. The molecule has 0 amide bonds. The van der Waals surface area contributed by atoms with E-state index < -0.39 is 37.0 Å². The van der Waals surface area contributed by atoms with Crippen molar-refractivity contribution in [1.29, 1.82) is 0 Å². The van der Waals surface area contributed by atoms with Gasteiger partial charge in [0.15, 0.2) is 12.6 Å². The van der Waals surface area contributed by atoms with Crippen molar-refractivity contribution in [3.63, 3.8) is 0 Å². The van der Waals surface area contributed by atoms with E-state index in [2.05, 4.69) is 0 Å². The van der Waals surface area contributed by atoms with E-state index in [0.29, 0.717) is 0 Å². The quantitative estimate of drug-likeness (QED) is 0.824. The van der Waals surface area contributed by atoms with E-state index >= 15 is 0 Å². The molecule has 2 aliphatic rings. The molecule has 20 heavy (non-hydrogen) atoms. The lowest BCUT2D eigenvalue weighted by Crippen LogP contribution is -2.57. The van der Waals surface area contributed by atoms with Gasteiger partial charge in [0.2, 0.25) is 0 Å². The maximum atomic E-state index is 10.2. The molecule has 2 heterocycles. The number of aliphatic hydroxyl groups excluding tert-OH is 2. The highest BCUT2D eigenvalue weighted by molar-refractivity contribution is 5.17. The van der Waals surface area contributed by atoms with E-state index in [1.54, 1.807) is 0 Å². The molecule has 1 aromatic carbocycles. The van der Waals surface area contributed by atoms with Gasteiger partial charge in [0, 0.05) is 12.7 Å². The molecule has 0 aromatic heterocycles. The van der Waals surface area contributed by atoms with Gasteiger partial charge in [-0.25, -0.2) is 0 Å². The summed E-state index contributed by atoms with van der Waals surface area (Å²) in [5.41, 5.74) is 0.865.